The van der Waals surface area contributed by atoms with Gasteiger partial charge in [0.15, 0.2) is 12.5 Å². The fourth-order valence-corrected chi connectivity index (χ4v) is 2.81. The zero-order valence-electron chi connectivity index (χ0n) is 15.7. The van der Waals surface area contributed by atoms with E-state index in [1.165, 1.54) is 23.4 Å². The minimum Gasteiger partial charge on any atom is -0.429 e. The Kier molecular flexibility index (Phi) is 6.81. The summed E-state index contributed by atoms with van der Waals surface area (Å²) < 4.78 is 44.0. The Balaban J connectivity index is 1.70. The second-order valence-corrected chi connectivity index (χ2v) is 6.85. The highest BCUT2D eigenvalue weighted by molar-refractivity contribution is 6.36. The van der Waals surface area contributed by atoms with E-state index in [4.69, 9.17) is 23.2 Å². The molecule has 14 heteroatoms. The highest BCUT2D eigenvalue weighted by atomic mass is 35.5. The molecule has 0 radical (unpaired) electrons. The van der Waals surface area contributed by atoms with E-state index in [-0.39, 0.29) is 21.7 Å². The number of amides is 2. The monoisotopic (exact) mass is 475 g/mol. The van der Waals surface area contributed by atoms with Gasteiger partial charge in [0.25, 0.3) is 5.95 Å². The summed E-state index contributed by atoms with van der Waals surface area (Å²) in [6, 6.07) is 2.34. The van der Waals surface area contributed by atoms with Gasteiger partial charge in [0.05, 0.1) is 21.8 Å². The number of rotatable bonds is 7. The number of halogens is 5. The van der Waals surface area contributed by atoms with Crippen LogP contribution in [0.5, 0.6) is 5.75 Å². The number of hydrogen-bond acceptors (Lipinski definition) is 6. The predicted molar refractivity (Wildman–Crippen MR) is 106 cm³/mol. The Morgan fingerprint density at radius 2 is 1.94 bits per heavy atom. The second-order valence-electron chi connectivity index (χ2n) is 6.03. The Labute approximate surface area is 183 Å². The van der Waals surface area contributed by atoms with Crippen LogP contribution in [0.15, 0.2) is 36.9 Å². The third-order valence-corrected chi connectivity index (χ3v) is 4.34. The standard InChI is InChI=1S/C17H14Cl2F3N7O2/c1-9(14-25-8-26-29(14)15-23-3-2-4-24-15)27-16(30)28-12-5-11(19)13(6-10(12)18)31-17(21,22)7-20/h2-6,8-9H,7H2,1H3,(H2,27,28,30). The van der Waals surface area contributed by atoms with Crippen LogP contribution in [0.25, 0.3) is 5.95 Å². The van der Waals surface area contributed by atoms with Crippen LogP contribution in [0.4, 0.5) is 23.7 Å². The molecule has 3 rings (SSSR count). The van der Waals surface area contributed by atoms with Crippen LogP contribution in [-0.2, 0) is 0 Å². The molecule has 1 atom stereocenters. The van der Waals surface area contributed by atoms with Gasteiger partial charge in [0.1, 0.15) is 12.1 Å². The molecular formula is C17H14Cl2F3N7O2. The minimum atomic E-state index is -4.06. The van der Waals surface area contributed by atoms with Crippen LogP contribution in [0.1, 0.15) is 18.8 Å². The maximum absolute atomic E-state index is 13.1. The zero-order valence-corrected chi connectivity index (χ0v) is 17.2. The van der Waals surface area contributed by atoms with E-state index in [2.05, 4.69) is 35.4 Å². The molecule has 0 aliphatic heterocycles. The summed E-state index contributed by atoms with van der Waals surface area (Å²) in [6.45, 7) is -0.395. The van der Waals surface area contributed by atoms with Gasteiger partial charge >= 0.3 is 12.1 Å². The summed E-state index contributed by atoms with van der Waals surface area (Å²) in [5.74, 6) is 0.0758. The van der Waals surface area contributed by atoms with Gasteiger partial charge in [-0.3, -0.25) is 0 Å². The van der Waals surface area contributed by atoms with Crippen LogP contribution in [0.3, 0.4) is 0 Å². The summed E-state index contributed by atoms with van der Waals surface area (Å²) in [4.78, 5) is 24.6. The molecule has 2 aromatic heterocycles. The first-order chi connectivity index (χ1) is 14.7. The van der Waals surface area contributed by atoms with Gasteiger partial charge in [0.2, 0.25) is 0 Å². The van der Waals surface area contributed by atoms with Gasteiger partial charge in [-0.2, -0.15) is 18.6 Å². The summed E-state index contributed by atoms with van der Waals surface area (Å²) >= 11 is 11.9. The van der Waals surface area contributed by atoms with Gasteiger partial charge in [-0.15, -0.1) is 0 Å². The first kappa shape index (κ1) is 22.6. The largest absolute Gasteiger partial charge is 0.429 e. The molecule has 31 heavy (non-hydrogen) atoms. The number of anilines is 1. The number of alkyl halides is 3. The topological polar surface area (TPSA) is 107 Å². The minimum absolute atomic E-state index is 0.0140. The molecule has 2 N–H and O–H groups in total. The molecule has 0 spiro atoms. The molecule has 0 aliphatic rings. The molecule has 0 bridgehead atoms. The number of nitrogens with one attached hydrogen (secondary N) is 2. The van der Waals surface area contributed by atoms with Gasteiger partial charge in [0, 0.05) is 18.5 Å². The van der Waals surface area contributed by atoms with Crippen molar-refractivity contribution in [3.63, 3.8) is 0 Å². The van der Waals surface area contributed by atoms with Crippen molar-refractivity contribution in [2.24, 2.45) is 0 Å². The third kappa shape index (κ3) is 5.52. The van der Waals surface area contributed by atoms with E-state index < -0.39 is 30.6 Å². The zero-order chi connectivity index (χ0) is 22.6. The molecule has 164 valence electrons. The lowest BCUT2D eigenvalue weighted by atomic mass is 10.3. The Bertz CT molecular complexity index is 1070. The van der Waals surface area contributed by atoms with Crippen molar-refractivity contribution < 1.29 is 22.7 Å². The Morgan fingerprint density at radius 1 is 1.23 bits per heavy atom. The SMILES string of the molecule is CC(NC(=O)Nc1cc(Cl)c(OC(F)(F)CF)cc1Cl)c1ncnn1-c1ncccn1. The van der Waals surface area contributed by atoms with Crippen molar-refractivity contribution in [3.8, 4) is 11.7 Å². The lowest BCUT2D eigenvalue weighted by molar-refractivity contribution is -0.186. The summed E-state index contributed by atoms with van der Waals surface area (Å²) in [7, 11) is 0. The molecule has 3 aromatic rings. The quantitative estimate of drug-likeness (QED) is 0.530. The van der Waals surface area contributed by atoms with Gasteiger partial charge in [-0.1, -0.05) is 23.2 Å². The summed E-state index contributed by atoms with van der Waals surface area (Å²) in [6.07, 6.45) is 0.278. The highest BCUT2D eigenvalue weighted by Gasteiger charge is 2.33. The number of urea groups is 1. The first-order valence-corrected chi connectivity index (χ1v) is 9.32. The van der Waals surface area contributed by atoms with Crippen molar-refractivity contribution in [1.29, 1.82) is 0 Å². The molecule has 2 heterocycles. The third-order valence-electron chi connectivity index (χ3n) is 3.74. The van der Waals surface area contributed by atoms with E-state index >= 15 is 0 Å². The number of carbonyl (C=O) groups excluding carboxylic acids is 1. The van der Waals surface area contributed by atoms with Crippen molar-refractivity contribution in [2.75, 3.05) is 12.0 Å². The van der Waals surface area contributed by atoms with E-state index in [1.54, 1.807) is 13.0 Å². The summed E-state index contributed by atoms with van der Waals surface area (Å²) in [5.41, 5.74) is 0.0140. The van der Waals surface area contributed by atoms with Crippen molar-refractivity contribution in [1.82, 2.24) is 30.0 Å². The predicted octanol–water partition coefficient (Wildman–Crippen LogP) is 4.19. The average molecular weight is 476 g/mol. The van der Waals surface area contributed by atoms with Crippen LogP contribution in [-0.4, -0.2) is 43.5 Å². The molecule has 0 saturated carbocycles. The molecule has 0 fully saturated rings. The maximum atomic E-state index is 13.1. The van der Waals surface area contributed by atoms with E-state index in [0.29, 0.717) is 5.82 Å². The fraction of sp³-hybridized carbons (Fsp3) is 0.235. The van der Waals surface area contributed by atoms with Crippen LogP contribution in [0, 0.1) is 0 Å². The maximum Gasteiger partial charge on any atom is 0.427 e. The second kappa shape index (κ2) is 9.35. The number of benzene rings is 1. The number of carbonyl (C=O) groups is 1. The van der Waals surface area contributed by atoms with Crippen LogP contribution in [0.2, 0.25) is 10.0 Å². The lowest BCUT2D eigenvalue weighted by Crippen LogP contribution is -2.33. The summed E-state index contributed by atoms with van der Waals surface area (Å²) in [5, 5.41) is 8.63. The van der Waals surface area contributed by atoms with Crippen molar-refractivity contribution >= 4 is 34.9 Å². The van der Waals surface area contributed by atoms with Crippen LogP contribution >= 0.6 is 23.2 Å². The number of ether oxygens (including phenoxy) is 1. The van der Waals surface area contributed by atoms with Gasteiger partial charge in [-0.25, -0.2) is 24.1 Å². The average Bonchev–Trinajstić information content (AvgIpc) is 3.22. The van der Waals surface area contributed by atoms with E-state index in [9.17, 15) is 18.0 Å². The Morgan fingerprint density at radius 3 is 2.61 bits per heavy atom. The van der Waals surface area contributed by atoms with E-state index in [0.717, 1.165) is 12.1 Å². The molecular weight excluding hydrogens is 462 g/mol. The van der Waals surface area contributed by atoms with Gasteiger partial charge < -0.3 is 15.4 Å². The first-order valence-electron chi connectivity index (χ1n) is 8.57. The fourth-order valence-electron chi connectivity index (χ4n) is 2.41. The molecule has 1 unspecified atom stereocenters. The van der Waals surface area contributed by atoms with Crippen LogP contribution < -0.4 is 15.4 Å². The van der Waals surface area contributed by atoms with Crippen molar-refractivity contribution in [3.05, 3.63) is 52.8 Å². The van der Waals surface area contributed by atoms with Crippen molar-refractivity contribution in [2.45, 2.75) is 19.1 Å². The lowest BCUT2D eigenvalue weighted by Gasteiger charge is -2.18. The number of hydrogen-bond donors (Lipinski definition) is 2. The highest BCUT2D eigenvalue weighted by Crippen LogP contribution is 2.36. The smallest absolute Gasteiger partial charge is 0.427 e. The Hall–Kier alpha value is -3.12. The van der Waals surface area contributed by atoms with Gasteiger partial charge in [-0.05, 0) is 19.1 Å². The molecule has 0 aliphatic carbocycles. The number of aromatic nitrogens is 5. The molecule has 0 saturated heterocycles. The number of nitrogens with zero attached hydrogens (tertiary/aromatic N) is 5. The normalized spacial score (nSPS) is 12.3. The molecule has 9 nitrogen and oxygen atoms in total. The molecule has 1 aromatic carbocycles. The van der Waals surface area contributed by atoms with E-state index in [1.807, 2.05) is 0 Å². The molecule has 2 amide bonds.